The molecule has 3 unspecified atom stereocenters. The van der Waals surface area contributed by atoms with Gasteiger partial charge in [-0.2, -0.15) is 0 Å². The molecule has 0 aliphatic rings. The summed E-state index contributed by atoms with van der Waals surface area (Å²) < 4.78 is 0. The molecule has 0 aromatic rings. The van der Waals surface area contributed by atoms with Crippen molar-refractivity contribution in [1.29, 1.82) is 0 Å². The number of aliphatic hydroxyl groups is 2. The summed E-state index contributed by atoms with van der Waals surface area (Å²) in [4.78, 5) is 0. The quantitative estimate of drug-likeness (QED) is 0.666. The average Bonchev–Trinajstić information content (AvgIpc) is 2.17. The Morgan fingerprint density at radius 2 is 1.29 bits per heavy atom. The molecule has 0 heterocycles. The molecule has 3 atom stereocenters. The average molecular weight is 202 g/mol. The topological polar surface area (TPSA) is 40.5 Å². The third-order valence-electron chi connectivity index (χ3n) is 3.34. The normalized spacial score (nSPS) is 18.2. The van der Waals surface area contributed by atoms with Crippen molar-refractivity contribution in [1.82, 2.24) is 0 Å². The molecule has 2 N–H and O–H groups in total. The van der Waals surface area contributed by atoms with Gasteiger partial charge >= 0.3 is 0 Å². The molecule has 0 rings (SSSR count). The molecule has 14 heavy (non-hydrogen) atoms. The van der Waals surface area contributed by atoms with Gasteiger partial charge in [-0.05, 0) is 25.2 Å². The fraction of sp³-hybridized carbons (Fsp3) is 1.00. The van der Waals surface area contributed by atoms with Crippen LogP contribution in [0.25, 0.3) is 0 Å². The highest BCUT2D eigenvalue weighted by Gasteiger charge is 2.22. The molecule has 0 aliphatic heterocycles. The molecule has 0 fully saturated rings. The third-order valence-corrected chi connectivity index (χ3v) is 3.34. The van der Waals surface area contributed by atoms with Crippen molar-refractivity contribution in [3.8, 4) is 0 Å². The summed E-state index contributed by atoms with van der Waals surface area (Å²) in [5, 5.41) is 18.9. The van der Waals surface area contributed by atoms with Crippen LogP contribution in [0.3, 0.4) is 0 Å². The van der Waals surface area contributed by atoms with Gasteiger partial charge in [0.1, 0.15) is 0 Å². The Morgan fingerprint density at radius 3 is 1.57 bits per heavy atom. The lowest BCUT2D eigenvalue weighted by Crippen LogP contribution is -2.28. The minimum Gasteiger partial charge on any atom is -0.391 e. The van der Waals surface area contributed by atoms with E-state index in [-0.39, 0.29) is 0 Å². The van der Waals surface area contributed by atoms with E-state index in [2.05, 4.69) is 20.8 Å². The summed E-state index contributed by atoms with van der Waals surface area (Å²) >= 11 is 0. The van der Waals surface area contributed by atoms with Gasteiger partial charge in [0.25, 0.3) is 0 Å². The predicted octanol–water partition coefficient (Wildman–Crippen LogP) is 2.58. The fourth-order valence-electron chi connectivity index (χ4n) is 2.15. The van der Waals surface area contributed by atoms with E-state index in [1.807, 2.05) is 0 Å². The van der Waals surface area contributed by atoms with Crippen molar-refractivity contribution in [2.75, 3.05) is 0 Å². The smallest absolute Gasteiger partial charge is 0.0799 e. The number of hydrogen-bond donors (Lipinski definition) is 2. The highest BCUT2D eigenvalue weighted by atomic mass is 16.3. The van der Waals surface area contributed by atoms with Crippen LogP contribution in [0.15, 0.2) is 0 Å². The maximum Gasteiger partial charge on any atom is 0.0799 e. The van der Waals surface area contributed by atoms with Gasteiger partial charge in [0.2, 0.25) is 0 Å². The van der Waals surface area contributed by atoms with Gasteiger partial charge in [0.05, 0.1) is 12.2 Å². The Labute approximate surface area is 88.3 Å². The molecule has 0 amide bonds. The zero-order valence-corrected chi connectivity index (χ0v) is 10.0. The van der Waals surface area contributed by atoms with Crippen molar-refractivity contribution in [3.05, 3.63) is 0 Å². The third kappa shape index (κ3) is 4.43. The predicted molar refractivity (Wildman–Crippen MR) is 60.2 cm³/mol. The van der Waals surface area contributed by atoms with Crippen LogP contribution in [0, 0.1) is 11.8 Å². The molecule has 0 aromatic carbocycles. The van der Waals surface area contributed by atoms with Crippen molar-refractivity contribution in [3.63, 3.8) is 0 Å². The van der Waals surface area contributed by atoms with Gasteiger partial charge < -0.3 is 10.2 Å². The Hall–Kier alpha value is -0.0800. The second-order valence-electron chi connectivity index (χ2n) is 4.29. The fourth-order valence-corrected chi connectivity index (χ4v) is 2.15. The van der Waals surface area contributed by atoms with E-state index in [0.29, 0.717) is 11.8 Å². The molecule has 0 saturated carbocycles. The lowest BCUT2D eigenvalue weighted by atomic mass is 9.81. The summed E-state index contributed by atoms with van der Waals surface area (Å²) in [5.74, 6) is 1.24. The number of hydrogen-bond acceptors (Lipinski definition) is 2. The zero-order chi connectivity index (χ0) is 11.1. The van der Waals surface area contributed by atoms with Crippen LogP contribution in [0.4, 0.5) is 0 Å². The second-order valence-corrected chi connectivity index (χ2v) is 4.29. The SMILES string of the molecule is CCC(CC)C(CC)CC(O)C(C)O. The molecule has 0 bridgehead atoms. The van der Waals surface area contributed by atoms with Crippen LogP contribution in [0.2, 0.25) is 0 Å². The summed E-state index contributed by atoms with van der Waals surface area (Å²) in [6, 6.07) is 0. The maximum atomic E-state index is 9.62. The van der Waals surface area contributed by atoms with E-state index in [9.17, 15) is 10.2 Å². The van der Waals surface area contributed by atoms with E-state index in [1.165, 1.54) is 12.8 Å². The van der Waals surface area contributed by atoms with Crippen molar-refractivity contribution >= 4 is 0 Å². The molecule has 2 nitrogen and oxygen atoms in total. The minimum atomic E-state index is -0.599. The zero-order valence-electron chi connectivity index (χ0n) is 10.0. The highest BCUT2D eigenvalue weighted by Crippen LogP contribution is 2.27. The first-order chi connectivity index (χ1) is 6.56. The van der Waals surface area contributed by atoms with Crippen LogP contribution in [0.5, 0.6) is 0 Å². The van der Waals surface area contributed by atoms with Crippen molar-refractivity contribution in [2.45, 2.75) is 65.6 Å². The summed E-state index contributed by atoms with van der Waals surface area (Å²) in [6.45, 7) is 8.22. The van der Waals surface area contributed by atoms with Gasteiger partial charge in [-0.3, -0.25) is 0 Å². The Kier molecular flexibility index (Phi) is 7.20. The first-order valence-corrected chi connectivity index (χ1v) is 5.92. The lowest BCUT2D eigenvalue weighted by molar-refractivity contribution is 0.00853. The molecule has 86 valence electrons. The van der Waals surface area contributed by atoms with Crippen LogP contribution in [-0.2, 0) is 0 Å². The summed E-state index contributed by atoms with van der Waals surface area (Å²) in [6.07, 6.45) is 3.01. The molecule has 2 heteroatoms. The van der Waals surface area contributed by atoms with Crippen molar-refractivity contribution < 1.29 is 10.2 Å². The van der Waals surface area contributed by atoms with E-state index in [4.69, 9.17) is 0 Å². The van der Waals surface area contributed by atoms with Crippen LogP contribution in [-0.4, -0.2) is 22.4 Å². The molecular formula is C12H26O2. The van der Waals surface area contributed by atoms with Gasteiger partial charge in [-0.1, -0.05) is 40.0 Å². The molecule has 0 spiro atoms. The number of rotatable bonds is 7. The summed E-state index contributed by atoms with van der Waals surface area (Å²) in [5.41, 5.74) is 0. The summed E-state index contributed by atoms with van der Waals surface area (Å²) in [7, 11) is 0. The lowest BCUT2D eigenvalue weighted by Gasteiger charge is -2.27. The second kappa shape index (κ2) is 7.24. The standard InChI is InChI=1S/C12H26O2/c1-5-10(6-2)11(7-3)8-12(14)9(4)13/h9-14H,5-8H2,1-4H3. The molecule has 0 aromatic heterocycles. The van der Waals surface area contributed by atoms with Gasteiger partial charge in [0.15, 0.2) is 0 Å². The van der Waals surface area contributed by atoms with Crippen molar-refractivity contribution in [2.24, 2.45) is 11.8 Å². The molecule has 0 radical (unpaired) electrons. The van der Waals surface area contributed by atoms with Crippen LogP contribution < -0.4 is 0 Å². The monoisotopic (exact) mass is 202 g/mol. The van der Waals surface area contributed by atoms with Gasteiger partial charge in [0, 0.05) is 0 Å². The van der Waals surface area contributed by atoms with E-state index in [0.717, 1.165) is 12.8 Å². The minimum absolute atomic E-state index is 0.551. The van der Waals surface area contributed by atoms with E-state index in [1.54, 1.807) is 6.92 Å². The maximum absolute atomic E-state index is 9.62. The highest BCUT2D eigenvalue weighted by molar-refractivity contribution is 4.73. The Bertz CT molecular complexity index is 130. The van der Waals surface area contributed by atoms with E-state index >= 15 is 0 Å². The van der Waals surface area contributed by atoms with Gasteiger partial charge in [-0.25, -0.2) is 0 Å². The Morgan fingerprint density at radius 1 is 0.857 bits per heavy atom. The van der Waals surface area contributed by atoms with E-state index < -0.39 is 12.2 Å². The van der Waals surface area contributed by atoms with Crippen LogP contribution >= 0.6 is 0 Å². The molecule has 0 saturated heterocycles. The van der Waals surface area contributed by atoms with Gasteiger partial charge in [-0.15, -0.1) is 0 Å². The largest absolute Gasteiger partial charge is 0.391 e. The number of aliphatic hydroxyl groups excluding tert-OH is 2. The molecular weight excluding hydrogens is 176 g/mol. The first kappa shape index (κ1) is 13.9. The first-order valence-electron chi connectivity index (χ1n) is 5.92. The Balaban J connectivity index is 4.12. The molecule has 0 aliphatic carbocycles. The van der Waals surface area contributed by atoms with Crippen LogP contribution in [0.1, 0.15) is 53.4 Å².